The summed E-state index contributed by atoms with van der Waals surface area (Å²) in [6.45, 7) is 15.0. The molecule has 0 fully saturated rings. The molecule has 0 unspecified atom stereocenters. The Morgan fingerprint density at radius 3 is 1.41 bits per heavy atom. The second kappa shape index (κ2) is 11.2. The van der Waals surface area contributed by atoms with E-state index in [4.69, 9.17) is 13.1 Å². The van der Waals surface area contributed by atoms with E-state index in [9.17, 15) is 36.9 Å². The highest BCUT2D eigenvalue weighted by molar-refractivity contribution is 6.17. The molecule has 0 radical (unpaired) electrons. The highest BCUT2D eigenvalue weighted by atomic mass is 19.4. The Hall–Kier alpha value is -6.52. The number of hydrogen-bond acceptors (Lipinski definition) is 6. The van der Waals surface area contributed by atoms with Crippen LogP contribution in [0.2, 0.25) is 0 Å². The fraction of sp³-hybridized carbons (Fsp3) is 0.133. The van der Waals surface area contributed by atoms with E-state index in [1.165, 1.54) is 47.5 Å². The summed E-state index contributed by atoms with van der Waals surface area (Å²) in [5, 5.41) is 19.3. The zero-order chi connectivity index (χ0) is 33.6. The maximum Gasteiger partial charge on any atom is 0.573 e. The van der Waals surface area contributed by atoms with E-state index in [1.807, 2.05) is 0 Å². The zero-order valence-electron chi connectivity index (χ0n) is 23.3. The lowest BCUT2D eigenvalue weighted by Crippen LogP contribution is -2.18. The van der Waals surface area contributed by atoms with Crippen molar-refractivity contribution >= 4 is 33.5 Å². The SMILES string of the molecule is [C-]#[N+]C([N+]#[C-])=c1nc2c(-c3ccc(OC(F)(F)F)cc3)c3c(nc(=C(C#N)C#N)n3C)c(-c3ccc(OC(F)(F)F)cc3)c2n1C. The Morgan fingerprint density at radius 1 is 0.696 bits per heavy atom. The molecule has 0 N–H and O–H groups in total. The number of aromatic nitrogens is 4. The van der Waals surface area contributed by atoms with Gasteiger partial charge in [0.1, 0.15) is 36.8 Å². The standard InChI is InChI=1S/C30H14F6N8O2/c1-39-26(40-2)28-42-23-21(16-7-11-19(12-8-16)46-30(34,35)36)24-22(41-27(43(24)3)17(13-37)14-38)20(25(23)44(28)4)15-5-9-18(10-6-15)45-29(31,32)33/h5-12H,3-4H3. The Labute approximate surface area is 254 Å². The molecule has 228 valence electrons. The van der Waals surface area contributed by atoms with Gasteiger partial charge in [-0.05, 0) is 35.4 Å². The number of fused-ring (bicyclic) bond motifs is 2. The van der Waals surface area contributed by atoms with Crippen molar-refractivity contribution in [3.05, 3.63) is 82.3 Å². The fourth-order valence-corrected chi connectivity index (χ4v) is 5.01. The van der Waals surface area contributed by atoms with Crippen LogP contribution < -0.4 is 20.4 Å². The van der Waals surface area contributed by atoms with Gasteiger partial charge in [-0.1, -0.05) is 24.3 Å². The highest BCUT2D eigenvalue weighted by Gasteiger charge is 2.32. The molecule has 2 heterocycles. The third-order valence-corrected chi connectivity index (χ3v) is 6.75. The van der Waals surface area contributed by atoms with Crippen molar-refractivity contribution < 1.29 is 35.8 Å². The van der Waals surface area contributed by atoms with Crippen molar-refractivity contribution in [2.45, 2.75) is 12.7 Å². The first kappa shape index (κ1) is 30.9. The van der Waals surface area contributed by atoms with E-state index in [1.54, 1.807) is 12.1 Å². The molecule has 0 aliphatic rings. The maximum atomic E-state index is 12.9. The molecule has 16 heteroatoms. The molecule has 46 heavy (non-hydrogen) atoms. The summed E-state index contributed by atoms with van der Waals surface area (Å²) in [4.78, 5) is 15.7. The summed E-state index contributed by atoms with van der Waals surface area (Å²) in [6, 6.07) is 13.0. The van der Waals surface area contributed by atoms with Gasteiger partial charge >= 0.3 is 18.5 Å². The summed E-state index contributed by atoms with van der Waals surface area (Å²) in [6.07, 6.45) is -9.91. The average Bonchev–Trinajstić information content (AvgIpc) is 3.50. The van der Waals surface area contributed by atoms with Crippen LogP contribution in [-0.2, 0) is 14.1 Å². The van der Waals surface area contributed by atoms with E-state index < -0.39 is 30.0 Å². The Bertz CT molecular complexity index is 2140. The monoisotopic (exact) mass is 632 g/mol. The quantitative estimate of drug-likeness (QED) is 0.186. The largest absolute Gasteiger partial charge is 0.573 e. The third kappa shape index (κ3) is 5.47. The lowest BCUT2D eigenvalue weighted by molar-refractivity contribution is -0.275. The van der Waals surface area contributed by atoms with Crippen molar-refractivity contribution in [1.29, 1.82) is 10.5 Å². The fourth-order valence-electron chi connectivity index (χ4n) is 5.01. The van der Waals surface area contributed by atoms with Crippen LogP contribution in [-0.4, -0.2) is 31.8 Å². The molecule has 0 saturated heterocycles. The van der Waals surface area contributed by atoms with Crippen molar-refractivity contribution in [3.8, 4) is 45.9 Å². The lowest BCUT2D eigenvalue weighted by Gasteiger charge is -2.15. The van der Waals surface area contributed by atoms with Gasteiger partial charge in [0.2, 0.25) is 5.48 Å². The predicted molar refractivity (Wildman–Crippen MR) is 150 cm³/mol. The molecule has 10 nitrogen and oxygen atoms in total. The van der Waals surface area contributed by atoms with Gasteiger partial charge in [-0.15, -0.1) is 26.3 Å². The van der Waals surface area contributed by atoms with Crippen LogP contribution in [0.5, 0.6) is 11.5 Å². The number of hydrogen-bond donors (Lipinski definition) is 0. The van der Waals surface area contributed by atoms with Crippen LogP contribution >= 0.6 is 0 Å². The first-order chi connectivity index (χ1) is 21.7. The Morgan fingerprint density at radius 2 is 1.07 bits per heavy atom. The van der Waals surface area contributed by atoms with Gasteiger partial charge in [0.25, 0.3) is 0 Å². The molecule has 5 aromatic rings. The van der Waals surface area contributed by atoms with Crippen LogP contribution in [0.15, 0.2) is 48.5 Å². The Balaban J connectivity index is 2.00. The van der Waals surface area contributed by atoms with Crippen LogP contribution in [0.3, 0.4) is 0 Å². The molecular formula is C30H14F6N8O2. The van der Waals surface area contributed by atoms with Crippen LogP contribution in [0.1, 0.15) is 0 Å². The van der Waals surface area contributed by atoms with Crippen LogP contribution in [0.4, 0.5) is 26.3 Å². The second-order valence-electron chi connectivity index (χ2n) is 9.42. The van der Waals surface area contributed by atoms with Gasteiger partial charge < -0.3 is 18.6 Å². The number of ether oxygens (including phenoxy) is 2. The van der Waals surface area contributed by atoms with E-state index in [0.717, 1.165) is 24.3 Å². The number of nitriles is 2. The summed E-state index contributed by atoms with van der Waals surface area (Å²) in [5.74, 6) is -1.45. The lowest BCUT2D eigenvalue weighted by atomic mass is 9.95. The minimum atomic E-state index is -4.95. The molecule has 5 rings (SSSR count). The molecule has 0 aliphatic carbocycles. The number of alkyl halides is 6. The van der Waals surface area contributed by atoms with E-state index >= 15 is 0 Å². The van der Waals surface area contributed by atoms with Gasteiger partial charge in [0.05, 0.1) is 22.1 Å². The van der Waals surface area contributed by atoms with Crippen molar-refractivity contribution in [2.24, 2.45) is 14.1 Å². The van der Waals surface area contributed by atoms with Crippen molar-refractivity contribution in [1.82, 2.24) is 19.1 Å². The topological polar surface area (TPSA) is 110 Å². The second-order valence-corrected chi connectivity index (χ2v) is 9.42. The zero-order valence-corrected chi connectivity index (χ0v) is 23.3. The van der Waals surface area contributed by atoms with E-state index in [-0.39, 0.29) is 60.9 Å². The number of aryl methyl sites for hydroxylation is 2. The number of rotatable bonds is 4. The molecule has 0 spiro atoms. The number of imidazole rings is 2. The first-order valence-electron chi connectivity index (χ1n) is 12.6. The summed E-state index contributed by atoms with van der Waals surface area (Å²) < 4.78 is 88.0. The van der Waals surface area contributed by atoms with Crippen molar-refractivity contribution in [2.75, 3.05) is 0 Å². The molecule has 0 amide bonds. The number of benzene rings is 3. The minimum Gasteiger partial charge on any atom is -0.406 e. The molecule has 3 aromatic carbocycles. The van der Waals surface area contributed by atoms with Gasteiger partial charge in [-0.2, -0.15) is 20.2 Å². The first-order valence-corrected chi connectivity index (χ1v) is 12.6. The molecular weight excluding hydrogens is 618 g/mol. The van der Waals surface area contributed by atoms with E-state index in [0.29, 0.717) is 0 Å². The van der Waals surface area contributed by atoms with Gasteiger partial charge in [0.15, 0.2) is 11.1 Å². The van der Waals surface area contributed by atoms with Crippen molar-refractivity contribution in [3.63, 3.8) is 0 Å². The molecule has 0 atom stereocenters. The average molecular weight is 632 g/mol. The maximum absolute atomic E-state index is 12.9. The number of nitrogens with zero attached hydrogens (tertiary/aromatic N) is 8. The number of halogens is 6. The summed E-state index contributed by atoms with van der Waals surface area (Å²) in [7, 11) is 2.98. The summed E-state index contributed by atoms with van der Waals surface area (Å²) in [5.41, 5.74) is 1.26. The minimum absolute atomic E-state index is 0.0756. The van der Waals surface area contributed by atoms with Gasteiger partial charge in [-0.25, -0.2) is 9.97 Å². The van der Waals surface area contributed by atoms with E-state index in [2.05, 4.69) is 29.1 Å². The normalized spacial score (nSPS) is 11.4. The molecule has 2 aromatic heterocycles. The summed E-state index contributed by atoms with van der Waals surface area (Å²) >= 11 is 0. The molecule has 0 saturated carbocycles. The van der Waals surface area contributed by atoms with Gasteiger partial charge in [-0.3, -0.25) is 0 Å². The smallest absolute Gasteiger partial charge is 0.406 e. The molecule has 0 bridgehead atoms. The van der Waals surface area contributed by atoms with Crippen LogP contribution in [0, 0.1) is 35.8 Å². The van der Waals surface area contributed by atoms with Crippen LogP contribution in [0.25, 0.3) is 65.4 Å². The highest BCUT2D eigenvalue weighted by Crippen LogP contribution is 2.42. The molecule has 0 aliphatic heterocycles. The predicted octanol–water partition coefficient (Wildman–Crippen LogP) is 5.69. The Kier molecular flexibility index (Phi) is 7.53. The van der Waals surface area contributed by atoms with Gasteiger partial charge in [0, 0.05) is 25.2 Å². The third-order valence-electron chi connectivity index (χ3n) is 6.75.